The molecule has 1 aromatic rings. The Labute approximate surface area is 145 Å². The van der Waals surface area contributed by atoms with Crippen LogP contribution in [0.5, 0.6) is 5.75 Å². The van der Waals surface area contributed by atoms with Crippen LogP contribution in [0, 0.1) is 0 Å². The summed E-state index contributed by atoms with van der Waals surface area (Å²) in [4.78, 5) is 11.3. The average Bonchev–Trinajstić information content (AvgIpc) is 2.54. The van der Waals surface area contributed by atoms with Crippen molar-refractivity contribution in [2.45, 2.75) is 31.5 Å². The van der Waals surface area contributed by atoms with E-state index in [9.17, 15) is 13.2 Å². The molecule has 1 unspecified atom stereocenters. The van der Waals surface area contributed by atoms with Gasteiger partial charge in [-0.3, -0.25) is 9.69 Å². The van der Waals surface area contributed by atoms with Crippen LogP contribution in [0.25, 0.3) is 0 Å². The van der Waals surface area contributed by atoms with E-state index < -0.39 is 12.5 Å². The SMILES string of the molecule is COc1cc2c(cc1N)C1CNCCN1CC2(C)C.O=CC(F)(F)F. The molecule has 25 heavy (non-hydrogen) atoms. The normalized spacial score (nSPS) is 22.1. The smallest absolute Gasteiger partial charge is 0.446 e. The molecule has 140 valence electrons. The number of hydrogen-bond donors (Lipinski definition) is 2. The van der Waals surface area contributed by atoms with Crippen molar-refractivity contribution in [1.29, 1.82) is 0 Å². The summed E-state index contributed by atoms with van der Waals surface area (Å²) in [6, 6.07) is 4.70. The van der Waals surface area contributed by atoms with Crippen molar-refractivity contribution >= 4 is 12.0 Å². The Kier molecular flexibility index (Phi) is 5.63. The molecule has 0 aromatic heterocycles. The van der Waals surface area contributed by atoms with Gasteiger partial charge >= 0.3 is 6.18 Å². The number of aldehydes is 1. The number of rotatable bonds is 1. The maximum absolute atomic E-state index is 10.4. The number of nitrogens with two attached hydrogens (primary N) is 1. The molecule has 3 rings (SSSR count). The van der Waals surface area contributed by atoms with Gasteiger partial charge in [0.25, 0.3) is 0 Å². The Morgan fingerprint density at radius 3 is 2.60 bits per heavy atom. The number of nitrogen functional groups attached to an aromatic ring is 1. The first-order chi connectivity index (χ1) is 11.6. The highest BCUT2D eigenvalue weighted by Gasteiger charge is 2.39. The zero-order chi connectivity index (χ0) is 18.8. The van der Waals surface area contributed by atoms with Crippen LogP contribution in [0.2, 0.25) is 0 Å². The second kappa shape index (κ2) is 7.21. The van der Waals surface area contributed by atoms with E-state index in [2.05, 4.69) is 36.2 Å². The molecule has 3 N–H and O–H groups in total. The number of methoxy groups -OCH3 is 1. The van der Waals surface area contributed by atoms with Crippen molar-refractivity contribution < 1.29 is 22.7 Å². The highest BCUT2D eigenvalue weighted by molar-refractivity contribution is 5.60. The summed E-state index contributed by atoms with van der Waals surface area (Å²) in [6.45, 7) is 8.90. The van der Waals surface area contributed by atoms with Gasteiger partial charge in [0, 0.05) is 37.6 Å². The summed E-state index contributed by atoms with van der Waals surface area (Å²) in [6.07, 6.45) is -5.70. The first-order valence-corrected chi connectivity index (χ1v) is 8.05. The van der Waals surface area contributed by atoms with Gasteiger partial charge in [-0.2, -0.15) is 13.2 Å². The van der Waals surface area contributed by atoms with E-state index >= 15 is 0 Å². The van der Waals surface area contributed by atoms with Gasteiger partial charge < -0.3 is 15.8 Å². The van der Waals surface area contributed by atoms with Gasteiger partial charge in [-0.15, -0.1) is 0 Å². The number of nitrogens with one attached hydrogen (secondary N) is 1. The molecule has 1 saturated heterocycles. The predicted octanol–water partition coefficient (Wildman–Crippen LogP) is 2.26. The lowest BCUT2D eigenvalue weighted by Gasteiger charge is -2.47. The molecule has 2 heterocycles. The summed E-state index contributed by atoms with van der Waals surface area (Å²) in [5.41, 5.74) is 9.73. The fourth-order valence-corrected chi connectivity index (χ4v) is 3.49. The maximum atomic E-state index is 10.4. The predicted molar refractivity (Wildman–Crippen MR) is 89.7 cm³/mol. The van der Waals surface area contributed by atoms with Crippen LogP contribution in [0.1, 0.15) is 31.0 Å². The second-order valence-electron chi connectivity index (χ2n) is 6.92. The summed E-state index contributed by atoms with van der Waals surface area (Å²) in [5, 5.41) is 3.49. The monoisotopic (exact) mass is 359 g/mol. The molecule has 2 aliphatic rings. The van der Waals surface area contributed by atoms with E-state index in [0.717, 1.165) is 37.6 Å². The van der Waals surface area contributed by atoms with Gasteiger partial charge in [-0.05, 0) is 23.3 Å². The lowest BCUT2D eigenvalue weighted by Crippen LogP contribution is -2.53. The molecular formula is C17H24F3N3O2. The van der Waals surface area contributed by atoms with Crippen LogP contribution in [0.15, 0.2) is 12.1 Å². The lowest BCUT2D eigenvalue weighted by molar-refractivity contribution is -0.156. The van der Waals surface area contributed by atoms with E-state index in [1.54, 1.807) is 7.11 Å². The summed E-state index contributed by atoms with van der Waals surface area (Å²) < 4.78 is 36.6. The topological polar surface area (TPSA) is 67.6 Å². The van der Waals surface area contributed by atoms with Crippen molar-refractivity contribution in [3.8, 4) is 5.75 Å². The van der Waals surface area contributed by atoms with Crippen LogP contribution in [-0.2, 0) is 10.2 Å². The Bertz CT molecular complexity index is 632. The van der Waals surface area contributed by atoms with Crippen LogP contribution < -0.4 is 15.8 Å². The fraction of sp³-hybridized carbons (Fsp3) is 0.588. The van der Waals surface area contributed by atoms with E-state index in [4.69, 9.17) is 15.3 Å². The average molecular weight is 359 g/mol. The van der Waals surface area contributed by atoms with Gasteiger partial charge in [0.1, 0.15) is 5.75 Å². The van der Waals surface area contributed by atoms with Gasteiger partial charge in [0.2, 0.25) is 6.29 Å². The number of piperazine rings is 1. The fourth-order valence-electron chi connectivity index (χ4n) is 3.49. The molecule has 0 saturated carbocycles. The number of benzene rings is 1. The number of ether oxygens (including phenoxy) is 1. The highest BCUT2D eigenvalue weighted by atomic mass is 19.4. The summed E-state index contributed by atoms with van der Waals surface area (Å²) in [5.74, 6) is 0.795. The quantitative estimate of drug-likeness (QED) is 0.595. The molecule has 2 aliphatic heterocycles. The molecule has 1 fully saturated rings. The Morgan fingerprint density at radius 2 is 2.04 bits per heavy atom. The standard InChI is InChI=1S/C15H23N3O.C2HF3O/c1-15(2)9-18-5-4-17-8-13(18)10-6-12(16)14(19-3)7-11(10)15;3-2(4,5)1-6/h6-7,13,17H,4-5,8-9,16H2,1-3H3;1H. The minimum absolute atomic E-state index is 0.143. The van der Waals surface area contributed by atoms with E-state index in [1.165, 1.54) is 11.1 Å². The maximum Gasteiger partial charge on any atom is 0.446 e. The zero-order valence-electron chi connectivity index (χ0n) is 14.6. The number of carbonyl (C=O) groups is 1. The van der Waals surface area contributed by atoms with Crippen molar-refractivity contribution in [3.05, 3.63) is 23.3 Å². The van der Waals surface area contributed by atoms with Crippen molar-refractivity contribution in [2.75, 3.05) is 39.0 Å². The third kappa shape index (κ3) is 4.43. The molecule has 0 bridgehead atoms. The number of nitrogens with zero attached hydrogens (tertiary/aromatic N) is 1. The van der Waals surface area contributed by atoms with Crippen molar-refractivity contribution in [1.82, 2.24) is 10.2 Å². The Morgan fingerprint density at radius 1 is 1.40 bits per heavy atom. The number of halogens is 3. The number of alkyl halides is 3. The molecular weight excluding hydrogens is 335 g/mol. The molecule has 1 aromatic carbocycles. The third-order valence-electron chi connectivity index (χ3n) is 4.58. The highest BCUT2D eigenvalue weighted by Crippen LogP contribution is 2.43. The molecule has 0 spiro atoms. The van der Waals surface area contributed by atoms with Gasteiger partial charge in [-0.1, -0.05) is 13.8 Å². The molecule has 0 radical (unpaired) electrons. The number of carbonyl (C=O) groups excluding carboxylic acids is 1. The first-order valence-electron chi connectivity index (χ1n) is 8.05. The van der Waals surface area contributed by atoms with Crippen LogP contribution in [0.4, 0.5) is 18.9 Å². The van der Waals surface area contributed by atoms with Crippen LogP contribution in [-0.4, -0.2) is 50.7 Å². The number of hydrogen-bond acceptors (Lipinski definition) is 5. The summed E-state index contributed by atoms with van der Waals surface area (Å²) >= 11 is 0. The van der Waals surface area contributed by atoms with Gasteiger partial charge in [0.05, 0.1) is 12.8 Å². The minimum atomic E-state index is -4.64. The lowest BCUT2D eigenvalue weighted by atomic mass is 9.75. The van der Waals surface area contributed by atoms with E-state index in [1.807, 2.05) is 0 Å². The van der Waals surface area contributed by atoms with Gasteiger partial charge in [0.15, 0.2) is 0 Å². The van der Waals surface area contributed by atoms with Crippen molar-refractivity contribution in [2.24, 2.45) is 0 Å². The largest absolute Gasteiger partial charge is 0.495 e. The third-order valence-corrected chi connectivity index (χ3v) is 4.58. The zero-order valence-corrected chi connectivity index (χ0v) is 14.6. The number of anilines is 1. The minimum Gasteiger partial charge on any atom is -0.495 e. The van der Waals surface area contributed by atoms with E-state index in [-0.39, 0.29) is 5.41 Å². The van der Waals surface area contributed by atoms with E-state index in [0.29, 0.717) is 6.04 Å². The van der Waals surface area contributed by atoms with Gasteiger partial charge in [-0.25, -0.2) is 0 Å². The molecule has 1 atom stereocenters. The first kappa shape index (κ1) is 19.5. The molecule has 8 heteroatoms. The Balaban J connectivity index is 0.000000326. The molecule has 0 amide bonds. The number of fused-ring (bicyclic) bond motifs is 3. The van der Waals surface area contributed by atoms with Crippen LogP contribution >= 0.6 is 0 Å². The van der Waals surface area contributed by atoms with Crippen LogP contribution in [0.3, 0.4) is 0 Å². The summed E-state index contributed by atoms with van der Waals surface area (Å²) in [7, 11) is 1.68. The second-order valence-corrected chi connectivity index (χ2v) is 6.92. The molecule has 0 aliphatic carbocycles. The Hall–Kier alpha value is -1.80. The van der Waals surface area contributed by atoms with Crippen molar-refractivity contribution in [3.63, 3.8) is 0 Å². The molecule has 5 nitrogen and oxygen atoms in total.